The molecule has 0 amide bonds. The standard InChI is InChI=1S/C16H17FN2O3/c1-4-21-15(20)11-8-14-16(3,17)9-22-13-6-5-10(2)7-12(13)19(14)18-11/h5-8H,4,9H2,1-3H3. The molecule has 2 aromatic rings. The number of aromatic nitrogens is 2. The first-order chi connectivity index (χ1) is 10.4. The molecule has 0 N–H and O–H groups in total. The van der Waals surface area contributed by atoms with Crippen molar-refractivity contribution in [3.63, 3.8) is 0 Å². The van der Waals surface area contributed by atoms with Gasteiger partial charge in [0.1, 0.15) is 18.0 Å². The average Bonchev–Trinajstić information content (AvgIpc) is 2.88. The SMILES string of the molecule is CCOC(=O)c1cc2n(n1)-c1cc(C)ccc1OCC2(C)F. The summed E-state index contributed by atoms with van der Waals surface area (Å²) in [6, 6.07) is 6.94. The van der Waals surface area contributed by atoms with Crippen LogP contribution in [0.4, 0.5) is 4.39 Å². The van der Waals surface area contributed by atoms with E-state index in [4.69, 9.17) is 9.47 Å². The molecule has 1 aromatic heterocycles. The second-order valence-corrected chi connectivity index (χ2v) is 5.50. The van der Waals surface area contributed by atoms with E-state index in [1.54, 1.807) is 13.0 Å². The molecule has 116 valence electrons. The molecule has 1 aromatic carbocycles. The van der Waals surface area contributed by atoms with Gasteiger partial charge in [-0.15, -0.1) is 0 Å². The minimum atomic E-state index is -1.76. The molecule has 22 heavy (non-hydrogen) atoms. The molecule has 1 aliphatic heterocycles. The van der Waals surface area contributed by atoms with Gasteiger partial charge in [0.2, 0.25) is 0 Å². The maximum atomic E-state index is 14.9. The van der Waals surface area contributed by atoms with Crippen molar-refractivity contribution in [1.82, 2.24) is 9.78 Å². The number of carbonyl (C=O) groups is 1. The van der Waals surface area contributed by atoms with Crippen molar-refractivity contribution in [1.29, 1.82) is 0 Å². The van der Waals surface area contributed by atoms with Crippen LogP contribution in [0.25, 0.3) is 5.69 Å². The number of carbonyl (C=O) groups excluding carboxylic acids is 1. The predicted molar refractivity (Wildman–Crippen MR) is 78.2 cm³/mol. The Hall–Kier alpha value is -2.37. The van der Waals surface area contributed by atoms with E-state index >= 15 is 0 Å². The van der Waals surface area contributed by atoms with Crippen LogP contribution in [0.5, 0.6) is 5.75 Å². The Labute approximate surface area is 127 Å². The molecular formula is C16H17FN2O3. The molecule has 0 radical (unpaired) electrons. The number of alkyl halides is 1. The number of hydrogen-bond acceptors (Lipinski definition) is 4. The first-order valence-electron chi connectivity index (χ1n) is 7.13. The number of hydrogen-bond donors (Lipinski definition) is 0. The molecule has 0 bridgehead atoms. The lowest BCUT2D eigenvalue weighted by Gasteiger charge is -2.17. The van der Waals surface area contributed by atoms with E-state index in [-0.39, 0.29) is 24.6 Å². The molecule has 2 heterocycles. The number of ether oxygens (including phenoxy) is 2. The zero-order valence-corrected chi connectivity index (χ0v) is 12.7. The van der Waals surface area contributed by atoms with E-state index in [9.17, 15) is 9.18 Å². The van der Waals surface area contributed by atoms with Crippen LogP contribution in [0.3, 0.4) is 0 Å². The summed E-state index contributed by atoms with van der Waals surface area (Å²) in [5.41, 5.74) is 0.218. The lowest BCUT2D eigenvalue weighted by Crippen LogP contribution is -2.25. The number of nitrogens with zero attached hydrogens (tertiary/aromatic N) is 2. The molecule has 0 spiro atoms. The number of rotatable bonds is 2. The number of aryl methyl sites for hydroxylation is 1. The third-order valence-electron chi connectivity index (χ3n) is 3.57. The summed E-state index contributed by atoms with van der Waals surface area (Å²) in [5.74, 6) is -0.0271. The van der Waals surface area contributed by atoms with E-state index in [1.165, 1.54) is 17.7 Å². The zero-order chi connectivity index (χ0) is 15.9. The summed E-state index contributed by atoms with van der Waals surface area (Å²) in [7, 11) is 0. The maximum Gasteiger partial charge on any atom is 0.358 e. The van der Waals surface area contributed by atoms with E-state index in [0.29, 0.717) is 11.4 Å². The number of benzene rings is 1. The quantitative estimate of drug-likeness (QED) is 0.801. The maximum absolute atomic E-state index is 14.9. The highest BCUT2D eigenvalue weighted by Gasteiger charge is 2.36. The molecule has 1 aliphatic rings. The predicted octanol–water partition coefficient (Wildman–Crippen LogP) is 2.93. The largest absolute Gasteiger partial charge is 0.488 e. The normalized spacial score (nSPS) is 19.6. The molecular weight excluding hydrogens is 287 g/mol. The third kappa shape index (κ3) is 2.34. The van der Waals surface area contributed by atoms with Gasteiger partial charge >= 0.3 is 5.97 Å². The van der Waals surface area contributed by atoms with Crippen LogP contribution in [-0.2, 0) is 10.4 Å². The Kier molecular flexibility index (Phi) is 3.39. The molecule has 3 rings (SSSR count). The van der Waals surface area contributed by atoms with Gasteiger partial charge in [0, 0.05) is 0 Å². The van der Waals surface area contributed by atoms with Crippen molar-refractivity contribution >= 4 is 5.97 Å². The van der Waals surface area contributed by atoms with Crippen molar-refractivity contribution < 1.29 is 18.7 Å². The average molecular weight is 304 g/mol. The fraction of sp³-hybridized carbons (Fsp3) is 0.375. The Balaban J connectivity index is 2.19. The van der Waals surface area contributed by atoms with E-state index < -0.39 is 11.6 Å². The van der Waals surface area contributed by atoms with Gasteiger partial charge in [-0.1, -0.05) is 6.07 Å². The Morgan fingerprint density at radius 3 is 3.00 bits per heavy atom. The minimum Gasteiger partial charge on any atom is -0.488 e. The lowest BCUT2D eigenvalue weighted by atomic mass is 10.1. The van der Waals surface area contributed by atoms with E-state index in [1.807, 2.05) is 19.1 Å². The number of esters is 1. The summed E-state index contributed by atoms with van der Waals surface area (Å²) in [6.45, 7) is 5.15. The summed E-state index contributed by atoms with van der Waals surface area (Å²) < 4.78 is 26.8. The Morgan fingerprint density at radius 2 is 2.27 bits per heavy atom. The summed E-state index contributed by atoms with van der Waals surface area (Å²) in [4.78, 5) is 11.9. The highest BCUT2D eigenvalue weighted by atomic mass is 19.1. The van der Waals surface area contributed by atoms with Gasteiger partial charge in [-0.3, -0.25) is 0 Å². The molecule has 0 aliphatic carbocycles. The van der Waals surface area contributed by atoms with Gasteiger partial charge in [0.05, 0.1) is 12.3 Å². The van der Waals surface area contributed by atoms with Crippen LogP contribution in [0.2, 0.25) is 0 Å². The van der Waals surface area contributed by atoms with Crippen molar-refractivity contribution in [2.75, 3.05) is 13.2 Å². The summed E-state index contributed by atoms with van der Waals surface area (Å²) in [6.07, 6.45) is 0. The van der Waals surface area contributed by atoms with Gasteiger partial charge in [-0.25, -0.2) is 13.9 Å². The second-order valence-electron chi connectivity index (χ2n) is 5.50. The first-order valence-corrected chi connectivity index (χ1v) is 7.13. The van der Waals surface area contributed by atoms with Crippen molar-refractivity contribution in [3.8, 4) is 11.4 Å². The van der Waals surface area contributed by atoms with Crippen LogP contribution in [-0.4, -0.2) is 29.0 Å². The summed E-state index contributed by atoms with van der Waals surface area (Å²) >= 11 is 0. The number of halogens is 1. The van der Waals surface area contributed by atoms with Crippen molar-refractivity contribution in [2.45, 2.75) is 26.4 Å². The Morgan fingerprint density at radius 1 is 1.50 bits per heavy atom. The van der Waals surface area contributed by atoms with Crippen molar-refractivity contribution in [2.24, 2.45) is 0 Å². The molecule has 1 atom stereocenters. The van der Waals surface area contributed by atoms with E-state index in [0.717, 1.165) is 5.56 Å². The first kappa shape index (κ1) is 14.6. The molecule has 0 fully saturated rings. The van der Waals surface area contributed by atoms with Gasteiger partial charge in [-0.05, 0) is 44.5 Å². The second kappa shape index (κ2) is 5.12. The topological polar surface area (TPSA) is 53.4 Å². The monoisotopic (exact) mass is 304 g/mol. The number of fused-ring (bicyclic) bond motifs is 3. The highest BCUT2D eigenvalue weighted by molar-refractivity contribution is 5.87. The molecule has 1 unspecified atom stereocenters. The van der Waals surface area contributed by atoms with Crippen LogP contribution in [0, 0.1) is 6.92 Å². The van der Waals surface area contributed by atoms with Crippen LogP contribution in [0.15, 0.2) is 24.3 Å². The van der Waals surface area contributed by atoms with Crippen molar-refractivity contribution in [3.05, 3.63) is 41.2 Å². The van der Waals surface area contributed by atoms with Gasteiger partial charge in [0.25, 0.3) is 0 Å². The van der Waals surface area contributed by atoms with Crippen LogP contribution >= 0.6 is 0 Å². The Bertz CT molecular complexity index is 737. The zero-order valence-electron chi connectivity index (χ0n) is 12.7. The fourth-order valence-corrected chi connectivity index (χ4v) is 2.44. The lowest BCUT2D eigenvalue weighted by molar-refractivity contribution is 0.0519. The van der Waals surface area contributed by atoms with Gasteiger partial charge in [0.15, 0.2) is 11.4 Å². The van der Waals surface area contributed by atoms with E-state index in [2.05, 4.69) is 5.10 Å². The molecule has 6 heteroatoms. The fourth-order valence-electron chi connectivity index (χ4n) is 2.44. The highest BCUT2D eigenvalue weighted by Crippen LogP contribution is 2.36. The smallest absolute Gasteiger partial charge is 0.358 e. The van der Waals surface area contributed by atoms with Crippen LogP contribution in [0.1, 0.15) is 35.6 Å². The third-order valence-corrected chi connectivity index (χ3v) is 3.57. The minimum absolute atomic E-state index is 0.0927. The van der Waals surface area contributed by atoms with Crippen LogP contribution < -0.4 is 4.74 Å². The van der Waals surface area contributed by atoms with Gasteiger partial charge in [-0.2, -0.15) is 5.10 Å². The summed E-state index contributed by atoms with van der Waals surface area (Å²) in [5, 5.41) is 4.23. The van der Waals surface area contributed by atoms with Gasteiger partial charge < -0.3 is 9.47 Å². The molecule has 5 nitrogen and oxygen atoms in total. The molecule has 0 saturated heterocycles. The molecule has 0 saturated carbocycles.